The zero-order valence-corrected chi connectivity index (χ0v) is 20.9. The average molecular weight is 457 g/mol. The van der Waals surface area contributed by atoms with Crippen LogP contribution < -0.4 is 0 Å². The molecule has 0 amide bonds. The average Bonchev–Trinajstić information content (AvgIpc) is 3.11. The van der Waals surface area contributed by atoms with Gasteiger partial charge in [0.05, 0.1) is 11.5 Å². The van der Waals surface area contributed by atoms with Crippen LogP contribution in [-0.4, -0.2) is 22.8 Å². The Bertz CT molecular complexity index is 1160. The van der Waals surface area contributed by atoms with Crippen molar-refractivity contribution in [3.8, 4) is 11.8 Å². The van der Waals surface area contributed by atoms with Crippen LogP contribution in [0.4, 0.5) is 0 Å². The van der Waals surface area contributed by atoms with Crippen molar-refractivity contribution in [3.05, 3.63) is 58.2 Å². The Hall–Kier alpha value is -2.44. The van der Waals surface area contributed by atoms with Crippen molar-refractivity contribution in [1.29, 1.82) is 0 Å². The molecular formula is C31H36O3. The van der Waals surface area contributed by atoms with Gasteiger partial charge in [-0.15, -0.1) is 5.92 Å². The summed E-state index contributed by atoms with van der Waals surface area (Å²) in [7, 11) is 0. The molecule has 1 unspecified atom stereocenters. The second-order valence-corrected chi connectivity index (χ2v) is 11.2. The number of aliphatic hydroxyl groups is 1. The van der Waals surface area contributed by atoms with Crippen molar-refractivity contribution in [1.82, 2.24) is 0 Å². The fourth-order valence-corrected chi connectivity index (χ4v) is 8.19. The third kappa shape index (κ3) is 3.29. The molecule has 1 aromatic rings. The van der Waals surface area contributed by atoms with Gasteiger partial charge in [-0.2, -0.15) is 0 Å². The van der Waals surface area contributed by atoms with E-state index in [9.17, 15) is 14.7 Å². The van der Waals surface area contributed by atoms with Crippen molar-refractivity contribution in [2.24, 2.45) is 22.7 Å². The van der Waals surface area contributed by atoms with E-state index in [0.29, 0.717) is 18.3 Å². The van der Waals surface area contributed by atoms with Gasteiger partial charge >= 0.3 is 0 Å². The van der Waals surface area contributed by atoms with E-state index in [1.54, 1.807) is 6.92 Å². The number of rotatable bonds is 3. The Kier molecular flexibility index (Phi) is 5.72. The van der Waals surface area contributed by atoms with Gasteiger partial charge in [-0.05, 0) is 99.3 Å². The molecule has 3 heteroatoms. The smallest absolute Gasteiger partial charge is 0.159 e. The fraction of sp³-hybridized carbons (Fsp3) is 0.548. The van der Waals surface area contributed by atoms with Crippen molar-refractivity contribution in [3.63, 3.8) is 0 Å². The first kappa shape index (κ1) is 23.3. The first-order valence-electron chi connectivity index (χ1n) is 12.9. The summed E-state index contributed by atoms with van der Waals surface area (Å²) in [6.07, 6.45) is 7.86. The minimum Gasteiger partial charge on any atom is -0.392 e. The third-order valence-corrected chi connectivity index (χ3v) is 9.77. The Morgan fingerprint density at radius 1 is 1.15 bits per heavy atom. The number of aliphatic hydroxyl groups excluding tert-OH is 1. The van der Waals surface area contributed by atoms with Gasteiger partial charge in [-0.3, -0.25) is 9.59 Å². The van der Waals surface area contributed by atoms with Crippen LogP contribution in [0.3, 0.4) is 0 Å². The molecule has 1 aromatic carbocycles. The number of carbonyl (C=O) groups excluding carboxylic acids is 2. The van der Waals surface area contributed by atoms with Gasteiger partial charge < -0.3 is 5.11 Å². The molecule has 0 bridgehead atoms. The molecule has 2 fully saturated rings. The molecule has 1 N–H and O–H groups in total. The van der Waals surface area contributed by atoms with E-state index in [1.165, 1.54) is 22.3 Å². The van der Waals surface area contributed by atoms with Crippen molar-refractivity contribution < 1.29 is 14.7 Å². The molecule has 3 nitrogen and oxygen atoms in total. The van der Waals surface area contributed by atoms with Crippen LogP contribution in [0.5, 0.6) is 0 Å². The Morgan fingerprint density at radius 3 is 2.53 bits per heavy atom. The standard InChI is InChI=1S/C31H36O3/c1-5-15-31(20(3)33)16-14-28-26-12-10-23-17-24(34)11-13-25(23)29(26)27(18-30(28,31)4)22-8-6-21(7-9-22)19(2)32/h6-9,17,20,26-28,33H,10-14,16,18H2,1-4H3/t20?,26-,27+,28-,30-,31+/m0/s1. The zero-order chi connectivity index (χ0) is 24.3. The highest BCUT2D eigenvalue weighted by molar-refractivity contribution is 5.94. The summed E-state index contributed by atoms with van der Waals surface area (Å²) in [6, 6.07) is 8.18. The number of hydrogen-bond acceptors (Lipinski definition) is 3. The van der Waals surface area contributed by atoms with E-state index in [2.05, 4.69) is 30.9 Å². The number of fused-ring (bicyclic) bond motifs is 4. The van der Waals surface area contributed by atoms with Gasteiger partial charge in [0.25, 0.3) is 0 Å². The molecule has 0 saturated heterocycles. The maximum Gasteiger partial charge on any atom is 0.159 e. The van der Waals surface area contributed by atoms with Gasteiger partial charge in [0, 0.05) is 17.9 Å². The number of allylic oxidation sites excluding steroid dienone is 4. The minimum absolute atomic E-state index is 0.0814. The second kappa shape index (κ2) is 8.35. The monoisotopic (exact) mass is 456 g/mol. The van der Waals surface area contributed by atoms with Gasteiger partial charge in [0.1, 0.15) is 0 Å². The van der Waals surface area contributed by atoms with Crippen molar-refractivity contribution >= 4 is 11.6 Å². The Balaban J connectivity index is 1.70. The summed E-state index contributed by atoms with van der Waals surface area (Å²) in [4.78, 5) is 24.1. The summed E-state index contributed by atoms with van der Waals surface area (Å²) in [5, 5.41) is 11.1. The number of benzene rings is 1. The number of Topliss-reactive ketones (excluding diaryl/α,β-unsaturated/α-hetero) is 1. The predicted molar refractivity (Wildman–Crippen MR) is 134 cm³/mol. The van der Waals surface area contributed by atoms with E-state index < -0.39 is 11.5 Å². The Labute approximate surface area is 203 Å². The molecule has 0 heterocycles. The van der Waals surface area contributed by atoms with E-state index in [4.69, 9.17) is 0 Å². The molecule has 4 aliphatic carbocycles. The lowest BCUT2D eigenvalue weighted by Gasteiger charge is -2.56. The highest BCUT2D eigenvalue weighted by atomic mass is 16.3. The van der Waals surface area contributed by atoms with Crippen LogP contribution in [0.1, 0.15) is 94.5 Å². The molecule has 0 aromatic heterocycles. The maximum absolute atomic E-state index is 12.2. The number of hydrogen-bond donors (Lipinski definition) is 1. The molecule has 0 aliphatic heterocycles. The lowest BCUT2D eigenvalue weighted by molar-refractivity contribution is -0.114. The maximum atomic E-state index is 12.2. The lowest BCUT2D eigenvalue weighted by Crippen LogP contribution is -2.51. The third-order valence-electron chi connectivity index (χ3n) is 9.77. The molecule has 0 spiro atoms. The SMILES string of the molecule is CC#C[C@]1(C(C)O)CC[C@H]2[C@@H]3CCC4=CC(=O)CCC4=C3[C@@H](c3ccc(C(C)=O)cc3)C[C@@]21C. The molecule has 6 atom stereocenters. The van der Waals surface area contributed by atoms with E-state index >= 15 is 0 Å². The first-order valence-corrected chi connectivity index (χ1v) is 12.9. The molecular weight excluding hydrogens is 420 g/mol. The minimum atomic E-state index is -0.490. The normalized spacial score (nSPS) is 35.4. The summed E-state index contributed by atoms with van der Waals surface area (Å²) >= 11 is 0. The van der Waals surface area contributed by atoms with Crippen LogP contribution in [0.15, 0.2) is 47.1 Å². The molecule has 5 rings (SSSR count). The van der Waals surface area contributed by atoms with Gasteiger partial charge in [0.15, 0.2) is 11.6 Å². The Morgan fingerprint density at radius 2 is 1.88 bits per heavy atom. The van der Waals surface area contributed by atoms with Gasteiger partial charge in [-0.25, -0.2) is 0 Å². The van der Waals surface area contributed by atoms with Crippen LogP contribution in [0.2, 0.25) is 0 Å². The van der Waals surface area contributed by atoms with Crippen LogP contribution >= 0.6 is 0 Å². The van der Waals surface area contributed by atoms with E-state index in [-0.39, 0.29) is 22.9 Å². The fourth-order valence-electron chi connectivity index (χ4n) is 8.19. The largest absolute Gasteiger partial charge is 0.392 e. The molecule has 2 saturated carbocycles. The second-order valence-electron chi connectivity index (χ2n) is 11.2. The summed E-state index contributed by atoms with van der Waals surface area (Å²) in [5.74, 6) is 8.21. The zero-order valence-electron chi connectivity index (χ0n) is 20.9. The highest BCUT2D eigenvalue weighted by Gasteiger charge is 2.64. The predicted octanol–water partition coefficient (Wildman–Crippen LogP) is 6.18. The summed E-state index contributed by atoms with van der Waals surface area (Å²) < 4.78 is 0. The highest BCUT2D eigenvalue weighted by Crippen LogP contribution is 2.70. The number of carbonyl (C=O) groups is 2. The van der Waals surface area contributed by atoms with Crippen LogP contribution in [-0.2, 0) is 4.79 Å². The summed E-state index contributed by atoms with van der Waals surface area (Å²) in [6.45, 7) is 7.82. The van der Waals surface area contributed by atoms with E-state index in [0.717, 1.165) is 44.1 Å². The topological polar surface area (TPSA) is 54.4 Å². The quantitative estimate of drug-likeness (QED) is 0.436. The van der Waals surface area contributed by atoms with Crippen LogP contribution in [0.25, 0.3) is 0 Å². The van der Waals surface area contributed by atoms with Gasteiger partial charge in [0.2, 0.25) is 0 Å². The molecule has 0 radical (unpaired) electrons. The lowest BCUT2D eigenvalue weighted by atomic mass is 9.48. The molecule has 4 aliphatic rings. The first-order chi connectivity index (χ1) is 16.2. The van der Waals surface area contributed by atoms with Gasteiger partial charge in [-0.1, -0.05) is 42.7 Å². The van der Waals surface area contributed by atoms with Crippen molar-refractivity contribution in [2.45, 2.75) is 84.7 Å². The number of ketones is 2. The molecule has 34 heavy (non-hydrogen) atoms. The van der Waals surface area contributed by atoms with Crippen LogP contribution in [0, 0.1) is 34.5 Å². The van der Waals surface area contributed by atoms with E-state index in [1.807, 2.05) is 32.1 Å². The molecule has 178 valence electrons. The van der Waals surface area contributed by atoms with Crippen molar-refractivity contribution in [2.75, 3.05) is 0 Å². The summed E-state index contributed by atoms with van der Waals surface area (Å²) in [5.41, 5.74) is 5.69.